The zero-order valence-electron chi connectivity index (χ0n) is 7.17. The molecule has 1 saturated heterocycles. The van der Waals surface area contributed by atoms with Gasteiger partial charge in [0, 0.05) is 11.0 Å². The summed E-state index contributed by atoms with van der Waals surface area (Å²) < 4.78 is 5.76. The molecule has 0 radical (unpaired) electrons. The van der Waals surface area contributed by atoms with Crippen LogP contribution in [0.5, 0.6) is 0 Å². The highest BCUT2D eigenvalue weighted by Crippen LogP contribution is 2.42. The third-order valence-electron chi connectivity index (χ3n) is 2.19. The third kappa shape index (κ3) is 2.07. The molecule has 1 aliphatic rings. The van der Waals surface area contributed by atoms with Gasteiger partial charge in [-0.3, -0.25) is 0 Å². The molecule has 0 spiro atoms. The molecule has 1 rings (SSSR count). The molecule has 0 aliphatic carbocycles. The van der Waals surface area contributed by atoms with Crippen LogP contribution in [-0.4, -0.2) is 22.5 Å². The fraction of sp³-hybridized carbons (Fsp3) is 1.00. The van der Waals surface area contributed by atoms with E-state index in [1.165, 1.54) is 0 Å². The van der Waals surface area contributed by atoms with Gasteiger partial charge >= 0.3 is 0 Å². The summed E-state index contributed by atoms with van der Waals surface area (Å²) in [7, 11) is 0. The zero-order valence-corrected chi connectivity index (χ0v) is 8.88. The fourth-order valence-corrected chi connectivity index (χ4v) is 2.94. The van der Waals surface area contributed by atoms with Crippen LogP contribution in [0.2, 0.25) is 0 Å². The van der Waals surface area contributed by atoms with E-state index in [0.717, 1.165) is 25.2 Å². The van der Waals surface area contributed by atoms with Gasteiger partial charge in [0.1, 0.15) is 4.93 Å². The summed E-state index contributed by atoms with van der Waals surface area (Å²) in [6.45, 7) is 5.27. The van der Waals surface area contributed by atoms with E-state index < -0.39 is 0 Å². The van der Waals surface area contributed by atoms with E-state index >= 15 is 0 Å². The Hall–Kier alpha value is 0.660. The van der Waals surface area contributed by atoms with E-state index in [2.05, 4.69) is 26.5 Å². The Morgan fingerprint density at radius 3 is 2.45 bits per heavy atom. The van der Waals surface area contributed by atoms with Gasteiger partial charge in [-0.1, -0.05) is 13.8 Å². The maximum atomic E-state index is 5.76. The van der Waals surface area contributed by atoms with E-state index in [1.54, 1.807) is 0 Å². The largest absolute Gasteiger partial charge is 0.363 e. The normalized spacial score (nSPS) is 29.2. The number of thioether (sulfide) groups is 1. The first-order valence-corrected chi connectivity index (χ1v) is 5.70. The van der Waals surface area contributed by atoms with Crippen LogP contribution in [0.1, 0.15) is 26.7 Å². The molecule has 0 amide bonds. The molecule has 11 heavy (non-hydrogen) atoms. The van der Waals surface area contributed by atoms with E-state index in [-0.39, 0.29) is 4.93 Å². The molecule has 0 bridgehead atoms. The van der Waals surface area contributed by atoms with E-state index in [1.807, 2.05) is 11.8 Å². The van der Waals surface area contributed by atoms with Crippen molar-refractivity contribution in [1.82, 2.24) is 0 Å². The highest BCUT2D eigenvalue weighted by molar-refractivity contribution is 8.02. The Labute approximate surface area is 78.7 Å². The lowest BCUT2D eigenvalue weighted by atomic mass is 10.2. The van der Waals surface area contributed by atoms with Gasteiger partial charge in [-0.15, -0.1) is 11.8 Å². The lowest BCUT2D eigenvalue weighted by molar-refractivity contribution is 0.0412. The lowest BCUT2D eigenvalue weighted by Crippen LogP contribution is -2.21. The Kier molecular flexibility index (Phi) is 3.59. The molecule has 1 heterocycles. The van der Waals surface area contributed by atoms with Crippen LogP contribution in [0, 0.1) is 0 Å². The van der Waals surface area contributed by atoms with Crippen molar-refractivity contribution >= 4 is 24.4 Å². The quantitative estimate of drug-likeness (QED) is 0.688. The molecule has 0 aromatic rings. The van der Waals surface area contributed by atoms with Gasteiger partial charge in [0.2, 0.25) is 0 Å². The predicted octanol–water partition coefficient (Wildman–Crippen LogP) is 2.56. The Morgan fingerprint density at radius 1 is 1.55 bits per heavy atom. The van der Waals surface area contributed by atoms with E-state index in [4.69, 9.17) is 4.74 Å². The van der Waals surface area contributed by atoms with Gasteiger partial charge in [0.05, 0.1) is 6.61 Å². The molecule has 1 aliphatic heterocycles. The van der Waals surface area contributed by atoms with Gasteiger partial charge in [-0.25, -0.2) is 0 Å². The van der Waals surface area contributed by atoms with Crippen LogP contribution < -0.4 is 0 Å². The summed E-state index contributed by atoms with van der Waals surface area (Å²) in [4.78, 5) is 0.118. The van der Waals surface area contributed by atoms with Crippen molar-refractivity contribution in [3.63, 3.8) is 0 Å². The summed E-state index contributed by atoms with van der Waals surface area (Å²) in [5, 5.41) is 0.609. The first-order valence-electron chi connectivity index (χ1n) is 4.19. The Balaban J connectivity index is 2.48. The molecular weight excluding hydrogens is 176 g/mol. The summed E-state index contributed by atoms with van der Waals surface area (Å²) in [5.74, 6) is 0.937. The number of hydrogen-bond acceptors (Lipinski definition) is 3. The molecular formula is C8H16OS2. The molecule has 1 atom stereocenters. The molecule has 1 unspecified atom stereocenters. The number of hydrogen-bond donors (Lipinski definition) is 1. The van der Waals surface area contributed by atoms with Gasteiger partial charge in [-0.05, 0) is 12.8 Å². The fourth-order valence-electron chi connectivity index (χ4n) is 1.33. The van der Waals surface area contributed by atoms with Gasteiger partial charge in [0.15, 0.2) is 0 Å². The number of rotatable bonds is 3. The lowest BCUT2D eigenvalue weighted by Gasteiger charge is -2.23. The van der Waals surface area contributed by atoms with Crippen LogP contribution in [0.25, 0.3) is 0 Å². The molecule has 0 aromatic carbocycles. The zero-order chi connectivity index (χ0) is 8.32. The second kappa shape index (κ2) is 4.06. The molecule has 0 aromatic heterocycles. The molecule has 0 saturated carbocycles. The Morgan fingerprint density at radius 2 is 2.18 bits per heavy atom. The SMILES string of the molecule is CCC1(CC)OCC(CS)S1. The Bertz CT molecular complexity index is 123. The van der Waals surface area contributed by atoms with Crippen LogP contribution in [0.4, 0.5) is 0 Å². The van der Waals surface area contributed by atoms with E-state index in [9.17, 15) is 0 Å². The minimum absolute atomic E-state index is 0.118. The topological polar surface area (TPSA) is 9.23 Å². The van der Waals surface area contributed by atoms with Crippen LogP contribution >= 0.6 is 24.4 Å². The first-order chi connectivity index (χ1) is 5.26. The third-order valence-corrected chi connectivity index (χ3v) is 4.64. The van der Waals surface area contributed by atoms with Crippen molar-refractivity contribution in [3.05, 3.63) is 0 Å². The maximum Gasteiger partial charge on any atom is 0.113 e. The van der Waals surface area contributed by atoms with E-state index in [0.29, 0.717) is 5.25 Å². The standard InChI is InChI=1S/C8H16OS2/c1-3-8(4-2)9-5-7(6-10)11-8/h7,10H,3-6H2,1-2H3. The molecule has 0 N–H and O–H groups in total. The summed E-state index contributed by atoms with van der Waals surface area (Å²) in [6.07, 6.45) is 2.22. The first kappa shape index (κ1) is 9.75. The molecule has 1 fully saturated rings. The second-order valence-corrected chi connectivity index (χ2v) is 4.86. The van der Waals surface area contributed by atoms with Crippen molar-refractivity contribution in [1.29, 1.82) is 0 Å². The number of ether oxygens (including phenoxy) is 1. The van der Waals surface area contributed by atoms with Crippen molar-refractivity contribution in [2.75, 3.05) is 12.4 Å². The monoisotopic (exact) mass is 192 g/mol. The van der Waals surface area contributed by atoms with Gasteiger partial charge in [-0.2, -0.15) is 12.6 Å². The van der Waals surface area contributed by atoms with Crippen LogP contribution in [0.3, 0.4) is 0 Å². The van der Waals surface area contributed by atoms with Crippen molar-refractivity contribution in [2.24, 2.45) is 0 Å². The smallest absolute Gasteiger partial charge is 0.113 e. The second-order valence-electron chi connectivity index (χ2n) is 2.85. The predicted molar refractivity (Wildman–Crippen MR) is 54.5 cm³/mol. The summed E-state index contributed by atoms with van der Waals surface area (Å²) in [5.41, 5.74) is 0. The average Bonchev–Trinajstić information content (AvgIpc) is 2.49. The summed E-state index contributed by atoms with van der Waals surface area (Å²) in [6, 6.07) is 0. The van der Waals surface area contributed by atoms with Gasteiger partial charge < -0.3 is 4.74 Å². The van der Waals surface area contributed by atoms with Crippen LogP contribution in [0.15, 0.2) is 0 Å². The minimum Gasteiger partial charge on any atom is -0.363 e. The molecule has 66 valence electrons. The molecule has 3 heteroatoms. The minimum atomic E-state index is 0.118. The van der Waals surface area contributed by atoms with Crippen molar-refractivity contribution < 1.29 is 4.74 Å². The number of thiol groups is 1. The van der Waals surface area contributed by atoms with Crippen molar-refractivity contribution in [2.45, 2.75) is 36.9 Å². The van der Waals surface area contributed by atoms with Crippen LogP contribution in [-0.2, 0) is 4.74 Å². The summed E-state index contributed by atoms with van der Waals surface area (Å²) >= 11 is 6.23. The maximum absolute atomic E-state index is 5.76. The van der Waals surface area contributed by atoms with Crippen molar-refractivity contribution in [3.8, 4) is 0 Å². The average molecular weight is 192 g/mol. The highest BCUT2D eigenvalue weighted by Gasteiger charge is 2.37. The highest BCUT2D eigenvalue weighted by atomic mass is 32.2. The van der Waals surface area contributed by atoms with Gasteiger partial charge in [0.25, 0.3) is 0 Å². The molecule has 1 nitrogen and oxygen atoms in total.